The predicted octanol–water partition coefficient (Wildman–Crippen LogP) is 5.15. The second-order valence-corrected chi connectivity index (χ2v) is 10.5. The third-order valence-corrected chi connectivity index (χ3v) is 7.20. The zero-order valence-electron chi connectivity index (χ0n) is 23.9. The molecule has 0 saturated carbocycles. The lowest BCUT2D eigenvalue weighted by molar-refractivity contribution is -0.153. The number of hydrogen-bond donors (Lipinski definition) is 3. The van der Waals surface area contributed by atoms with Gasteiger partial charge < -0.3 is 35.1 Å². The summed E-state index contributed by atoms with van der Waals surface area (Å²) in [6, 6.07) is 10.8. The highest BCUT2D eigenvalue weighted by molar-refractivity contribution is 5.99. The number of benzene rings is 2. The van der Waals surface area contributed by atoms with Crippen molar-refractivity contribution in [2.45, 2.75) is 6.18 Å². The maximum absolute atomic E-state index is 13.2. The van der Waals surface area contributed by atoms with Crippen molar-refractivity contribution in [1.29, 1.82) is 0 Å². The van der Waals surface area contributed by atoms with Crippen LogP contribution in [0.1, 0.15) is 0 Å². The van der Waals surface area contributed by atoms with Crippen molar-refractivity contribution in [3.05, 3.63) is 55.0 Å². The highest BCUT2D eigenvalue weighted by atomic mass is 19.4. The number of aromatic amines is 1. The number of nitrogens with zero attached hydrogens (tertiary/aromatic N) is 7. The number of anilines is 6. The Morgan fingerprint density at radius 2 is 1.72 bits per heavy atom. The molecule has 0 radical (unpaired) electrons. The van der Waals surface area contributed by atoms with Gasteiger partial charge in [0.1, 0.15) is 22.7 Å². The monoisotopic (exact) mass is 592 g/mol. The van der Waals surface area contributed by atoms with Gasteiger partial charge in [0.25, 0.3) is 0 Å². The fourth-order valence-electron chi connectivity index (χ4n) is 5.07. The average molecular weight is 593 g/mol. The molecule has 6 rings (SSSR count). The Hall–Kier alpha value is -4.85. The van der Waals surface area contributed by atoms with Crippen molar-refractivity contribution in [2.24, 2.45) is 0 Å². The first-order valence-corrected chi connectivity index (χ1v) is 13.7. The van der Waals surface area contributed by atoms with Gasteiger partial charge in [0, 0.05) is 70.6 Å². The number of hydrogen-bond acceptors (Lipinski definition) is 10. The van der Waals surface area contributed by atoms with E-state index in [-0.39, 0.29) is 11.7 Å². The van der Waals surface area contributed by atoms with Gasteiger partial charge in [0.2, 0.25) is 5.95 Å². The molecule has 2 aromatic carbocycles. The molecule has 0 unspecified atom stereocenters. The summed E-state index contributed by atoms with van der Waals surface area (Å²) < 4.78 is 44.8. The third-order valence-electron chi connectivity index (χ3n) is 7.20. The van der Waals surface area contributed by atoms with Crippen molar-refractivity contribution in [3.8, 4) is 5.75 Å². The smallest absolute Gasteiger partial charge is 0.422 e. The highest BCUT2D eigenvalue weighted by Crippen LogP contribution is 2.37. The van der Waals surface area contributed by atoms with E-state index in [9.17, 15) is 13.2 Å². The van der Waals surface area contributed by atoms with Crippen LogP contribution >= 0.6 is 0 Å². The Bertz CT molecular complexity index is 1750. The van der Waals surface area contributed by atoms with E-state index in [2.05, 4.69) is 40.4 Å². The zero-order chi connectivity index (χ0) is 30.1. The first-order chi connectivity index (χ1) is 20.6. The summed E-state index contributed by atoms with van der Waals surface area (Å²) in [6.07, 6.45) is 0.538. The van der Waals surface area contributed by atoms with E-state index >= 15 is 0 Å². The molecule has 11 nitrogen and oxygen atoms in total. The number of likely N-dealkylation sites (N-methyl/N-ethyl adjacent to an activating group) is 1. The topological polar surface area (TPSA) is 110 Å². The number of nitrogens with one attached hydrogen (secondary N) is 3. The molecule has 4 heterocycles. The molecule has 224 valence electrons. The molecular weight excluding hydrogens is 561 g/mol. The number of piperazine rings is 1. The summed E-state index contributed by atoms with van der Waals surface area (Å²) in [7, 11) is 5.88. The molecule has 0 aliphatic carbocycles. The van der Waals surface area contributed by atoms with Crippen molar-refractivity contribution in [1.82, 2.24) is 29.8 Å². The van der Waals surface area contributed by atoms with Crippen LogP contribution < -0.4 is 25.2 Å². The quantitative estimate of drug-likeness (QED) is 0.224. The van der Waals surface area contributed by atoms with Crippen molar-refractivity contribution < 1.29 is 17.9 Å². The number of alkyl halides is 3. The van der Waals surface area contributed by atoms with Crippen LogP contribution in [0.15, 0.2) is 55.0 Å². The van der Waals surface area contributed by atoms with Gasteiger partial charge in [-0.25, -0.2) is 0 Å². The lowest BCUT2D eigenvalue weighted by atomic mass is 10.2. The SMILES string of the molecule is CN1CCN(c2ccc(Nc3nc(Nc4ccc5nccnc5c4N(C)C)c4cc[nH]c4n3)c(OCC(F)(F)F)c2)CC1. The predicted molar refractivity (Wildman–Crippen MR) is 162 cm³/mol. The summed E-state index contributed by atoms with van der Waals surface area (Å²) in [5, 5.41) is 7.22. The van der Waals surface area contributed by atoms with Gasteiger partial charge in [-0.2, -0.15) is 23.1 Å². The van der Waals surface area contributed by atoms with E-state index in [1.165, 1.54) is 0 Å². The Balaban J connectivity index is 1.35. The van der Waals surface area contributed by atoms with Gasteiger partial charge in [-0.3, -0.25) is 9.97 Å². The van der Waals surface area contributed by atoms with E-state index in [0.29, 0.717) is 17.2 Å². The van der Waals surface area contributed by atoms with Crippen molar-refractivity contribution >= 4 is 56.6 Å². The van der Waals surface area contributed by atoms with E-state index in [4.69, 9.17) is 9.72 Å². The number of aromatic nitrogens is 5. The molecule has 0 bridgehead atoms. The van der Waals surface area contributed by atoms with Crippen LogP contribution in [-0.2, 0) is 0 Å². The molecule has 0 spiro atoms. The van der Waals surface area contributed by atoms with Crippen LogP contribution in [0.4, 0.5) is 47.7 Å². The third kappa shape index (κ3) is 6.18. The summed E-state index contributed by atoms with van der Waals surface area (Å²) in [5.41, 5.74) is 4.69. The van der Waals surface area contributed by atoms with E-state index in [1.54, 1.807) is 30.7 Å². The fraction of sp³-hybridized carbons (Fsp3) is 0.310. The normalized spacial score (nSPS) is 14.3. The molecule has 43 heavy (non-hydrogen) atoms. The highest BCUT2D eigenvalue weighted by Gasteiger charge is 2.29. The minimum absolute atomic E-state index is 0.0569. The molecule has 1 saturated heterocycles. The first-order valence-electron chi connectivity index (χ1n) is 13.7. The molecule has 0 atom stereocenters. The average Bonchev–Trinajstić information content (AvgIpc) is 3.45. The number of rotatable bonds is 8. The van der Waals surface area contributed by atoms with E-state index < -0.39 is 12.8 Å². The zero-order valence-corrected chi connectivity index (χ0v) is 23.9. The molecule has 3 aromatic heterocycles. The van der Waals surface area contributed by atoms with Crippen LogP contribution in [-0.4, -0.2) is 89.9 Å². The Labute approximate surface area is 245 Å². The minimum atomic E-state index is -4.49. The molecule has 3 N–H and O–H groups in total. The maximum atomic E-state index is 13.2. The van der Waals surface area contributed by atoms with Crippen LogP contribution in [0.3, 0.4) is 0 Å². The second kappa shape index (κ2) is 11.4. The van der Waals surface area contributed by atoms with Gasteiger partial charge in [0.05, 0.1) is 28.0 Å². The van der Waals surface area contributed by atoms with Gasteiger partial charge in [-0.15, -0.1) is 0 Å². The van der Waals surface area contributed by atoms with Crippen molar-refractivity contribution in [3.63, 3.8) is 0 Å². The maximum Gasteiger partial charge on any atom is 0.422 e. The molecule has 0 amide bonds. The standard InChI is InChI=1S/C29H31F3N10O/c1-40(2)25-22(7-6-21-24(25)34-11-10-33-21)36-27-19-8-9-35-26(19)38-28(39-27)37-20-5-4-18(42-14-12-41(3)13-15-42)16-23(20)43-17-29(30,31)32/h4-11,16H,12-15,17H2,1-3H3,(H3,35,36,37,38,39). The summed E-state index contributed by atoms with van der Waals surface area (Å²) in [5.74, 6) is 0.724. The summed E-state index contributed by atoms with van der Waals surface area (Å²) in [4.78, 5) is 27.6. The van der Waals surface area contributed by atoms with Crippen LogP contribution in [0, 0.1) is 0 Å². The minimum Gasteiger partial charge on any atom is -0.482 e. The second-order valence-electron chi connectivity index (χ2n) is 10.5. The molecular formula is C29H31F3N10O. The largest absolute Gasteiger partial charge is 0.482 e. The molecule has 1 fully saturated rings. The molecule has 1 aliphatic heterocycles. The van der Waals surface area contributed by atoms with Gasteiger partial charge in [-0.1, -0.05) is 0 Å². The number of H-pyrrole nitrogens is 1. The molecule has 1 aliphatic rings. The summed E-state index contributed by atoms with van der Waals surface area (Å²) in [6.45, 7) is 1.82. The number of fused-ring (bicyclic) bond motifs is 2. The summed E-state index contributed by atoms with van der Waals surface area (Å²) >= 11 is 0. The lowest BCUT2D eigenvalue weighted by Gasteiger charge is -2.34. The molecule has 14 heteroatoms. The Kier molecular flexibility index (Phi) is 7.52. The van der Waals surface area contributed by atoms with Gasteiger partial charge >= 0.3 is 6.18 Å². The van der Waals surface area contributed by atoms with Crippen molar-refractivity contribution in [2.75, 3.05) is 74.4 Å². The van der Waals surface area contributed by atoms with Gasteiger partial charge in [-0.05, 0) is 37.4 Å². The molecule has 5 aromatic rings. The van der Waals surface area contributed by atoms with Crippen LogP contribution in [0.5, 0.6) is 5.75 Å². The van der Waals surface area contributed by atoms with Crippen LogP contribution in [0.25, 0.3) is 22.1 Å². The van der Waals surface area contributed by atoms with Crippen LogP contribution in [0.2, 0.25) is 0 Å². The first kappa shape index (κ1) is 28.3. The fourth-order valence-corrected chi connectivity index (χ4v) is 5.07. The Morgan fingerprint density at radius 1 is 0.953 bits per heavy atom. The number of ether oxygens (including phenoxy) is 1. The Morgan fingerprint density at radius 3 is 2.49 bits per heavy atom. The van der Waals surface area contributed by atoms with Gasteiger partial charge in [0.15, 0.2) is 6.61 Å². The number of halogens is 3. The van der Waals surface area contributed by atoms with E-state index in [1.807, 2.05) is 50.3 Å². The lowest BCUT2D eigenvalue weighted by Crippen LogP contribution is -2.44. The van der Waals surface area contributed by atoms with E-state index in [0.717, 1.165) is 59.7 Å².